The van der Waals surface area contributed by atoms with Crippen LogP contribution in [-0.2, 0) is 27.2 Å². The molecule has 6 nitrogen and oxygen atoms in total. The number of hydrogen-bond donors (Lipinski definition) is 1. The van der Waals surface area contributed by atoms with Gasteiger partial charge in [-0.15, -0.1) is 0 Å². The number of hydrogen-bond acceptors (Lipinski definition) is 5. The molecule has 42 heavy (non-hydrogen) atoms. The lowest BCUT2D eigenvalue weighted by molar-refractivity contribution is -0.275. The van der Waals surface area contributed by atoms with E-state index in [1.807, 2.05) is 32.0 Å². The Labute approximate surface area is 256 Å². The van der Waals surface area contributed by atoms with Crippen LogP contribution in [0, 0.1) is 6.92 Å². The molecule has 13 heteroatoms. The van der Waals surface area contributed by atoms with Gasteiger partial charge in [-0.05, 0) is 72.8 Å². The highest BCUT2D eigenvalue weighted by Crippen LogP contribution is 2.50. The third-order valence-corrected chi connectivity index (χ3v) is 8.83. The van der Waals surface area contributed by atoms with E-state index in [4.69, 9.17) is 44.3 Å². The maximum atomic E-state index is 14.4. The van der Waals surface area contributed by atoms with Crippen molar-refractivity contribution in [3.05, 3.63) is 97.0 Å². The minimum absolute atomic E-state index is 0.0480. The highest BCUT2D eigenvalue weighted by molar-refractivity contribution is 6.62. The number of halogens is 6. The average molecular weight is 640 g/mol. The van der Waals surface area contributed by atoms with Gasteiger partial charge in [0, 0.05) is 31.1 Å². The molecule has 0 aromatic heterocycles. The monoisotopic (exact) mass is 638 g/mol. The molecule has 2 aliphatic rings. The lowest BCUT2D eigenvalue weighted by Crippen LogP contribution is -2.42. The second-order valence-electron chi connectivity index (χ2n) is 11.0. The minimum atomic E-state index is -4.86. The second kappa shape index (κ2) is 10.8. The van der Waals surface area contributed by atoms with Gasteiger partial charge in [0.25, 0.3) is 11.5 Å². The molecule has 3 aromatic carbocycles. The Kier molecular flexibility index (Phi) is 7.86. The maximum Gasteiger partial charge on any atom is 0.492 e. The summed E-state index contributed by atoms with van der Waals surface area (Å²) in [6, 6.07) is 12.4. The molecule has 2 heterocycles. The molecule has 1 atom stereocenters. The fourth-order valence-corrected chi connectivity index (χ4v) is 5.95. The zero-order valence-corrected chi connectivity index (χ0v) is 25.2. The van der Waals surface area contributed by atoms with Crippen molar-refractivity contribution in [2.24, 2.45) is 5.16 Å². The van der Waals surface area contributed by atoms with Crippen molar-refractivity contribution >= 4 is 59.0 Å². The second-order valence-corrected chi connectivity index (χ2v) is 12.2. The number of fused-ring (bicyclic) bond motifs is 1. The van der Waals surface area contributed by atoms with E-state index in [9.17, 15) is 23.0 Å². The molecule has 2 aliphatic heterocycles. The molecule has 1 unspecified atom stereocenters. The molecule has 0 bridgehead atoms. The van der Waals surface area contributed by atoms with Crippen LogP contribution in [-0.4, -0.2) is 41.9 Å². The van der Waals surface area contributed by atoms with Gasteiger partial charge >= 0.3 is 13.3 Å². The molecule has 1 N–H and O–H groups in total. The molecule has 220 valence electrons. The van der Waals surface area contributed by atoms with Crippen molar-refractivity contribution < 1.29 is 32.5 Å². The quantitative estimate of drug-likeness (QED) is 0.247. The van der Waals surface area contributed by atoms with Crippen LogP contribution in [0.5, 0.6) is 0 Å². The lowest BCUT2D eigenvalue weighted by Gasteiger charge is -2.30. The van der Waals surface area contributed by atoms with Crippen molar-refractivity contribution in [3.8, 4) is 0 Å². The molecule has 1 amide bonds. The van der Waals surface area contributed by atoms with E-state index in [-0.39, 0.29) is 38.8 Å². The van der Waals surface area contributed by atoms with Crippen molar-refractivity contribution in [3.63, 3.8) is 0 Å². The van der Waals surface area contributed by atoms with Gasteiger partial charge in [-0.1, -0.05) is 64.2 Å². The van der Waals surface area contributed by atoms with Crippen molar-refractivity contribution in [1.29, 1.82) is 0 Å². The van der Waals surface area contributed by atoms with Crippen LogP contribution >= 0.6 is 34.8 Å². The number of nitrogens with zero attached hydrogens (tertiary/aromatic N) is 2. The van der Waals surface area contributed by atoms with Gasteiger partial charge < -0.3 is 19.4 Å². The Morgan fingerprint density at radius 2 is 1.76 bits per heavy atom. The summed E-state index contributed by atoms with van der Waals surface area (Å²) in [6.07, 6.45) is -5.50. The molecule has 5 rings (SSSR count). The molecule has 0 fully saturated rings. The van der Waals surface area contributed by atoms with Crippen molar-refractivity contribution in [2.45, 2.75) is 51.1 Å². The summed E-state index contributed by atoms with van der Waals surface area (Å²) in [6.45, 7) is 5.71. The summed E-state index contributed by atoms with van der Waals surface area (Å²) in [5, 5.41) is 13.7. The van der Waals surface area contributed by atoms with E-state index >= 15 is 0 Å². The Morgan fingerprint density at radius 3 is 2.38 bits per heavy atom. The number of aryl methyl sites for hydroxylation is 1. The first kappa shape index (κ1) is 30.7. The first-order valence-corrected chi connectivity index (χ1v) is 14.0. The predicted octanol–water partition coefficient (Wildman–Crippen LogP) is 6.76. The largest absolute Gasteiger partial charge is 0.492 e. The molecular weight excluding hydrogens is 614 g/mol. The normalized spacial score (nSPS) is 19.4. The molecule has 0 saturated heterocycles. The van der Waals surface area contributed by atoms with E-state index < -0.39 is 30.9 Å². The Balaban J connectivity index is 1.35. The highest BCUT2D eigenvalue weighted by Gasteiger charge is 2.62. The summed E-state index contributed by atoms with van der Waals surface area (Å²) >= 11 is 18.0. The number of benzene rings is 3. The summed E-state index contributed by atoms with van der Waals surface area (Å²) < 4.78 is 48.9. The zero-order chi connectivity index (χ0) is 30.8. The Bertz CT molecular complexity index is 1610. The summed E-state index contributed by atoms with van der Waals surface area (Å²) in [5.41, 5.74) is -0.0465. The van der Waals surface area contributed by atoms with E-state index in [0.717, 1.165) is 23.3 Å². The molecule has 0 radical (unpaired) electrons. The molecule has 0 aliphatic carbocycles. The van der Waals surface area contributed by atoms with Crippen LogP contribution in [0.15, 0.2) is 53.7 Å². The van der Waals surface area contributed by atoms with Crippen LogP contribution in [0.25, 0.3) is 0 Å². The number of carbonyl (C=O) groups is 1. The highest BCUT2D eigenvalue weighted by atomic mass is 35.5. The Morgan fingerprint density at radius 1 is 1.10 bits per heavy atom. The van der Waals surface area contributed by atoms with E-state index in [0.29, 0.717) is 22.2 Å². The van der Waals surface area contributed by atoms with E-state index in [2.05, 4.69) is 5.16 Å². The number of alkyl halides is 3. The van der Waals surface area contributed by atoms with Crippen LogP contribution in [0.3, 0.4) is 0 Å². The van der Waals surface area contributed by atoms with Gasteiger partial charge in [0.05, 0.1) is 26.4 Å². The first-order valence-electron chi connectivity index (χ1n) is 12.9. The topological polar surface area (TPSA) is 71.4 Å². The standard InChI is InChI=1S/C29H25BCl3F3N2O4/c1-15-9-17(24-13-28(42-37-24,29(34,35)36)18-11-22(31)25(33)23(32)12-18)6-7-19(15)26(39)38(4)14-16-5-8-20-21(10-16)30(40)41-27(20,2)3/h5-12,40H,13-14H2,1-4H3. The van der Waals surface area contributed by atoms with Gasteiger partial charge in [-0.25, -0.2) is 0 Å². The van der Waals surface area contributed by atoms with Crippen molar-refractivity contribution in [1.82, 2.24) is 4.90 Å². The van der Waals surface area contributed by atoms with Gasteiger partial charge in [-0.2, -0.15) is 13.2 Å². The summed E-state index contributed by atoms with van der Waals surface area (Å²) in [7, 11) is 0.604. The summed E-state index contributed by atoms with van der Waals surface area (Å²) in [4.78, 5) is 19.9. The Hall–Kier alpha value is -2.76. The molecule has 0 saturated carbocycles. The number of amides is 1. The summed E-state index contributed by atoms with van der Waals surface area (Å²) in [5.74, 6) is -0.281. The van der Waals surface area contributed by atoms with Gasteiger partial charge in [0.15, 0.2) is 0 Å². The fourth-order valence-electron chi connectivity index (χ4n) is 5.35. The third-order valence-electron chi connectivity index (χ3n) is 7.63. The van der Waals surface area contributed by atoms with Gasteiger partial charge in [-0.3, -0.25) is 4.79 Å². The fraction of sp³-hybridized carbons (Fsp3) is 0.310. The van der Waals surface area contributed by atoms with Crippen LogP contribution in [0.1, 0.15) is 58.4 Å². The minimum Gasteiger partial charge on any atom is -0.423 e. The van der Waals surface area contributed by atoms with Gasteiger partial charge in [0.1, 0.15) is 0 Å². The van der Waals surface area contributed by atoms with Crippen LogP contribution < -0.4 is 5.46 Å². The first-order chi connectivity index (χ1) is 19.5. The average Bonchev–Trinajstić information content (AvgIpc) is 3.46. The third kappa shape index (κ3) is 5.28. The number of oxime groups is 1. The predicted molar refractivity (Wildman–Crippen MR) is 157 cm³/mol. The van der Waals surface area contributed by atoms with Crippen LogP contribution in [0.4, 0.5) is 13.2 Å². The zero-order valence-electron chi connectivity index (χ0n) is 22.9. The number of carbonyl (C=O) groups excluding carboxylic acids is 1. The smallest absolute Gasteiger partial charge is 0.423 e. The molecule has 3 aromatic rings. The lowest BCUT2D eigenvalue weighted by atomic mass is 9.77. The maximum absolute atomic E-state index is 14.4. The van der Waals surface area contributed by atoms with Gasteiger partial charge in [0.2, 0.25) is 0 Å². The van der Waals surface area contributed by atoms with E-state index in [1.54, 1.807) is 26.1 Å². The van der Waals surface area contributed by atoms with Crippen LogP contribution in [0.2, 0.25) is 15.1 Å². The molecular formula is C29H25BCl3F3N2O4. The van der Waals surface area contributed by atoms with Crippen molar-refractivity contribution in [2.75, 3.05) is 7.05 Å². The molecule has 0 spiro atoms. The van der Waals surface area contributed by atoms with E-state index in [1.165, 1.54) is 11.0 Å². The SMILES string of the molecule is Cc1cc(C2=NOC(c3cc(Cl)c(Cl)c(Cl)c3)(C(F)(F)F)C2)ccc1C(=O)N(C)Cc1ccc2c(c1)B(O)OC2(C)C. The number of rotatable bonds is 5.